The summed E-state index contributed by atoms with van der Waals surface area (Å²) in [4.78, 5) is 11.5. The van der Waals surface area contributed by atoms with Gasteiger partial charge < -0.3 is 16.2 Å². The first-order chi connectivity index (χ1) is 9.27. The van der Waals surface area contributed by atoms with E-state index in [1.54, 1.807) is 18.2 Å². The molecule has 0 bridgehead atoms. The van der Waals surface area contributed by atoms with Crippen molar-refractivity contribution in [2.75, 3.05) is 5.73 Å². The highest BCUT2D eigenvalue weighted by Gasteiger charge is 2.33. The lowest BCUT2D eigenvalue weighted by Gasteiger charge is -2.39. The van der Waals surface area contributed by atoms with Gasteiger partial charge in [-0.3, -0.25) is 4.79 Å². The molecule has 1 aromatic carbocycles. The Labute approximate surface area is 120 Å². The van der Waals surface area contributed by atoms with E-state index in [4.69, 9.17) is 16.2 Å². The summed E-state index contributed by atoms with van der Waals surface area (Å²) in [6, 6.07) is 4.98. The fourth-order valence-electron chi connectivity index (χ4n) is 3.37. The minimum absolute atomic E-state index is 0.105. The van der Waals surface area contributed by atoms with Crippen LogP contribution in [0.2, 0.25) is 0 Å². The van der Waals surface area contributed by atoms with Gasteiger partial charge in [0.1, 0.15) is 5.75 Å². The zero-order chi connectivity index (χ0) is 14.9. The molecule has 110 valence electrons. The average Bonchev–Trinajstić information content (AvgIpc) is 2.25. The Kier molecular flexibility index (Phi) is 3.93. The fraction of sp³-hybridized carbons (Fsp3) is 0.562. The minimum Gasteiger partial charge on any atom is -0.489 e. The Morgan fingerprint density at radius 3 is 2.65 bits per heavy atom. The van der Waals surface area contributed by atoms with Crippen LogP contribution in [0.15, 0.2) is 18.2 Å². The molecule has 1 saturated carbocycles. The van der Waals surface area contributed by atoms with Crippen LogP contribution in [0.1, 0.15) is 50.4 Å². The Balaban J connectivity index is 2.21. The van der Waals surface area contributed by atoms with Gasteiger partial charge in [-0.05, 0) is 42.7 Å². The van der Waals surface area contributed by atoms with Crippen molar-refractivity contribution < 1.29 is 9.53 Å². The SMILES string of the molecule is CC1CC(Oc2cc(N)ccc2C(N)=O)CC(C)(C)C1. The summed E-state index contributed by atoms with van der Waals surface area (Å²) < 4.78 is 6.05. The molecule has 4 N–H and O–H groups in total. The lowest BCUT2D eigenvalue weighted by Crippen LogP contribution is -2.34. The highest BCUT2D eigenvalue weighted by molar-refractivity contribution is 5.96. The van der Waals surface area contributed by atoms with Gasteiger partial charge in [-0.1, -0.05) is 20.8 Å². The lowest BCUT2D eigenvalue weighted by atomic mass is 9.71. The van der Waals surface area contributed by atoms with Crippen molar-refractivity contribution >= 4 is 11.6 Å². The van der Waals surface area contributed by atoms with E-state index in [1.165, 1.54) is 6.42 Å². The van der Waals surface area contributed by atoms with Crippen LogP contribution in [0.4, 0.5) is 5.69 Å². The Bertz CT molecular complexity index is 511. The highest BCUT2D eigenvalue weighted by atomic mass is 16.5. The van der Waals surface area contributed by atoms with Crippen LogP contribution in [0.5, 0.6) is 5.75 Å². The zero-order valence-electron chi connectivity index (χ0n) is 12.5. The van der Waals surface area contributed by atoms with Crippen LogP contribution in [0.3, 0.4) is 0 Å². The Hall–Kier alpha value is -1.71. The quantitative estimate of drug-likeness (QED) is 0.833. The lowest BCUT2D eigenvalue weighted by molar-refractivity contribution is 0.0555. The topological polar surface area (TPSA) is 78.3 Å². The highest BCUT2D eigenvalue weighted by Crippen LogP contribution is 2.40. The van der Waals surface area contributed by atoms with E-state index in [9.17, 15) is 4.79 Å². The second-order valence-electron chi connectivity index (χ2n) is 6.77. The molecule has 2 rings (SSSR count). The van der Waals surface area contributed by atoms with Crippen molar-refractivity contribution in [2.45, 2.75) is 46.1 Å². The van der Waals surface area contributed by atoms with Crippen LogP contribution >= 0.6 is 0 Å². The van der Waals surface area contributed by atoms with Gasteiger partial charge in [0.25, 0.3) is 5.91 Å². The summed E-state index contributed by atoms with van der Waals surface area (Å²) in [6.07, 6.45) is 3.28. The molecule has 0 aromatic heterocycles. The predicted octanol–water partition coefficient (Wildman–Crippen LogP) is 2.96. The molecule has 4 heteroatoms. The average molecular weight is 276 g/mol. The second-order valence-corrected chi connectivity index (χ2v) is 6.77. The third-order valence-corrected chi connectivity index (χ3v) is 3.91. The van der Waals surface area contributed by atoms with Gasteiger partial charge in [0, 0.05) is 11.8 Å². The van der Waals surface area contributed by atoms with Crippen LogP contribution in [0.25, 0.3) is 0 Å². The first-order valence-corrected chi connectivity index (χ1v) is 7.13. The Morgan fingerprint density at radius 2 is 2.05 bits per heavy atom. The van der Waals surface area contributed by atoms with Gasteiger partial charge in [0.05, 0.1) is 11.7 Å². The monoisotopic (exact) mass is 276 g/mol. The minimum atomic E-state index is -0.483. The smallest absolute Gasteiger partial charge is 0.252 e. The van der Waals surface area contributed by atoms with E-state index in [1.807, 2.05) is 0 Å². The maximum atomic E-state index is 11.5. The van der Waals surface area contributed by atoms with E-state index in [0.29, 0.717) is 22.9 Å². The number of hydrogen-bond acceptors (Lipinski definition) is 3. The molecule has 1 amide bonds. The molecular weight excluding hydrogens is 252 g/mol. The van der Waals surface area contributed by atoms with Gasteiger partial charge in [-0.25, -0.2) is 0 Å². The third kappa shape index (κ3) is 3.44. The summed E-state index contributed by atoms with van der Waals surface area (Å²) in [5.41, 5.74) is 12.4. The van der Waals surface area contributed by atoms with Crippen molar-refractivity contribution in [1.82, 2.24) is 0 Å². The predicted molar refractivity (Wildman–Crippen MR) is 80.6 cm³/mol. The van der Waals surface area contributed by atoms with Gasteiger partial charge in [0.15, 0.2) is 0 Å². The molecule has 2 unspecified atom stereocenters. The molecule has 1 fully saturated rings. The van der Waals surface area contributed by atoms with Gasteiger partial charge >= 0.3 is 0 Å². The van der Waals surface area contributed by atoms with Crippen molar-refractivity contribution in [1.29, 1.82) is 0 Å². The number of ether oxygens (including phenoxy) is 1. The van der Waals surface area contributed by atoms with Gasteiger partial charge in [-0.2, -0.15) is 0 Å². The maximum absolute atomic E-state index is 11.5. The number of primary amides is 1. The van der Waals surface area contributed by atoms with E-state index < -0.39 is 5.91 Å². The largest absolute Gasteiger partial charge is 0.489 e. The summed E-state index contributed by atoms with van der Waals surface area (Å²) in [6.45, 7) is 6.76. The molecule has 4 nitrogen and oxygen atoms in total. The van der Waals surface area contributed by atoms with E-state index in [-0.39, 0.29) is 11.5 Å². The number of nitrogen functional groups attached to an aromatic ring is 1. The summed E-state index contributed by atoms with van der Waals surface area (Å²) in [5.74, 6) is 0.636. The number of anilines is 1. The van der Waals surface area contributed by atoms with Crippen molar-refractivity contribution in [3.63, 3.8) is 0 Å². The normalized spacial score (nSPS) is 25.1. The molecule has 20 heavy (non-hydrogen) atoms. The molecule has 0 radical (unpaired) electrons. The number of nitrogens with two attached hydrogens (primary N) is 2. The molecule has 0 heterocycles. The van der Waals surface area contributed by atoms with E-state index in [2.05, 4.69) is 20.8 Å². The van der Waals surface area contributed by atoms with Crippen LogP contribution in [-0.4, -0.2) is 12.0 Å². The molecule has 2 atom stereocenters. The first kappa shape index (κ1) is 14.7. The fourth-order valence-corrected chi connectivity index (χ4v) is 3.37. The van der Waals surface area contributed by atoms with Crippen molar-refractivity contribution in [3.05, 3.63) is 23.8 Å². The van der Waals surface area contributed by atoms with Gasteiger partial charge in [0.2, 0.25) is 0 Å². The number of carbonyl (C=O) groups excluding carboxylic acids is 1. The summed E-state index contributed by atoms with van der Waals surface area (Å²) >= 11 is 0. The molecule has 0 aliphatic heterocycles. The number of amides is 1. The van der Waals surface area contributed by atoms with E-state index >= 15 is 0 Å². The van der Waals surface area contributed by atoms with Gasteiger partial charge in [-0.15, -0.1) is 0 Å². The van der Waals surface area contributed by atoms with Crippen molar-refractivity contribution in [2.24, 2.45) is 17.1 Å². The zero-order valence-corrected chi connectivity index (χ0v) is 12.5. The van der Waals surface area contributed by atoms with Crippen LogP contribution in [0, 0.1) is 11.3 Å². The number of hydrogen-bond donors (Lipinski definition) is 2. The first-order valence-electron chi connectivity index (χ1n) is 7.13. The number of rotatable bonds is 3. The molecule has 1 aliphatic rings. The summed E-state index contributed by atoms with van der Waals surface area (Å²) in [7, 11) is 0. The van der Waals surface area contributed by atoms with Crippen LogP contribution in [-0.2, 0) is 0 Å². The second kappa shape index (κ2) is 5.35. The molecular formula is C16H24N2O2. The number of carbonyl (C=O) groups is 1. The standard InChI is InChI=1S/C16H24N2O2/c1-10-6-12(9-16(2,3)8-10)20-14-7-11(17)4-5-13(14)15(18)19/h4-5,7,10,12H,6,8-9,17H2,1-3H3,(H2,18,19). The number of benzene rings is 1. The molecule has 0 spiro atoms. The van der Waals surface area contributed by atoms with Crippen molar-refractivity contribution in [3.8, 4) is 5.75 Å². The molecule has 0 saturated heterocycles. The van der Waals surface area contributed by atoms with Crippen LogP contribution < -0.4 is 16.2 Å². The maximum Gasteiger partial charge on any atom is 0.252 e. The third-order valence-electron chi connectivity index (χ3n) is 3.91. The Morgan fingerprint density at radius 1 is 1.35 bits per heavy atom. The summed E-state index contributed by atoms with van der Waals surface area (Å²) in [5, 5.41) is 0. The van der Waals surface area contributed by atoms with E-state index in [0.717, 1.165) is 12.8 Å². The molecule has 1 aromatic rings. The molecule has 1 aliphatic carbocycles.